The van der Waals surface area contributed by atoms with Gasteiger partial charge in [-0.3, -0.25) is 9.89 Å². The number of furan rings is 1. The van der Waals surface area contributed by atoms with Crippen LogP contribution in [0.25, 0.3) is 0 Å². The lowest BCUT2D eigenvalue weighted by atomic mass is 10.0. The highest BCUT2D eigenvalue weighted by Crippen LogP contribution is 2.06. The van der Waals surface area contributed by atoms with Gasteiger partial charge in [0.15, 0.2) is 5.96 Å². The first kappa shape index (κ1) is 20.8. The fourth-order valence-corrected chi connectivity index (χ4v) is 2.93. The van der Waals surface area contributed by atoms with Crippen LogP contribution < -0.4 is 10.6 Å². The summed E-state index contributed by atoms with van der Waals surface area (Å²) in [6, 6.07) is 4.35. The molecule has 0 spiro atoms. The molecule has 0 bridgehead atoms. The van der Waals surface area contributed by atoms with Crippen LogP contribution in [-0.2, 0) is 11.2 Å². The number of morpholine rings is 1. The number of guanidine groups is 1. The number of hydrogen-bond donors (Lipinski definition) is 2. The lowest BCUT2D eigenvalue weighted by Gasteiger charge is -2.26. The maximum absolute atomic E-state index is 5.40. The molecule has 0 aromatic carbocycles. The quantitative estimate of drug-likeness (QED) is 0.493. The van der Waals surface area contributed by atoms with Crippen molar-refractivity contribution >= 4 is 5.96 Å². The summed E-state index contributed by atoms with van der Waals surface area (Å²) in [7, 11) is 0. The van der Waals surface area contributed by atoms with E-state index in [1.54, 1.807) is 6.26 Å². The molecule has 1 atom stereocenters. The van der Waals surface area contributed by atoms with Crippen LogP contribution in [-0.4, -0.2) is 62.8 Å². The number of nitrogens with zero attached hydrogens (tertiary/aromatic N) is 2. The molecule has 0 amide bonds. The van der Waals surface area contributed by atoms with Crippen LogP contribution in [0.15, 0.2) is 27.8 Å². The first-order valence-electron chi connectivity index (χ1n) is 10.0. The van der Waals surface area contributed by atoms with Gasteiger partial charge in [-0.05, 0) is 37.8 Å². The molecular formula is C20H36N4O2. The highest BCUT2D eigenvalue weighted by molar-refractivity contribution is 5.80. The van der Waals surface area contributed by atoms with Crippen molar-refractivity contribution in [2.45, 2.75) is 46.1 Å². The van der Waals surface area contributed by atoms with Crippen LogP contribution in [0.4, 0.5) is 0 Å². The van der Waals surface area contributed by atoms with Gasteiger partial charge in [0, 0.05) is 38.6 Å². The zero-order valence-electron chi connectivity index (χ0n) is 16.7. The normalized spacial score (nSPS) is 17.5. The Balaban J connectivity index is 1.78. The molecular weight excluding hydrogens is 328 g/mol. The maximum Gasteiger partial charge on any atom is 0.191 e. The average molecular weight is 365 g/mol. The van der Waals surface area contributed by atoms with Crippen LogP contribution in [0.3, 0.4) is 0 Å². The third kappa shape index (κ3) is 8.72. The van der Waals surface area contributed by atoms with Crippen molar-refractivity contribution in [2.24, 2.45) is 10.9 Å². The average Bonchev–Trinajstić information content (AvgIpc) is 3.14. The van der Waals surface area contributed by atoms with Gasteiger partial charge in [-0.1, -0.05) is 13.8 Å². The minimum absolute atomic E-state index is 0.413. The lowest BCUT2D eigenvalue weighted by Crippen LogP contribution is -2.44. The molecule has 6 heteroatoms. The second-order valence-electron chi connectivity index (χ2n) is 7.46. The molecule has 1 saturated heterocycles. The van der Waals surface area contributed by atoms with Crippen LogP contribution in [0.5, 0.6) is 0 Å². The maximum atomic E-state index is 5.40. The van der Waals surface area contributed by atoms with E-state index < -0.39 is 0 Å². The van der Waals surface area contributed by atoms with Crippen molar-refractivity contribution in [1.29, 1.82) is 0 Å². The predicted octanol–water partition coefficient (Wildman–Crippen LogP) is 2.51. The predicted molar refractivity (Wildman–Crippen MR) is 107 cm³/mol. The summed E-state index contributed by atoms with van der Waals surface area (Å²) in [6.07, 6.45) is 4.96. The minimum atomic E-state index is 0.413. The molecule has 1 aliphatic heterocycles. The lowest BCUT2D eigenvalue weighted by molar-refractivity contribution is 0.0394. The van der Waals surface area contributed by atoms with Crippen molar-refractivity contribution in [3.8, 4) is 0 Å². The van der Waals surface area contributed by atoms with Gasteiger partial charge >= 0.3 is 0 Å². The largest absolute Gasteiger partial charge is 0.469 e. The standard InChI is InChI=1S/C20H36N4O2/c1-17(2)6-7-18(3)23-20(21-9-8-19-5-4-14-26-19)22-10-11-24-12-15-25-16-13-24/h4-5,14,17-18H,6-13,15-16H2,1-3H3,(H2,21,22,23). The highest BCUT2D eigenvalue weighted by atomic mass is 16.5. The van der Waals surface area contributed by atoms with E-state index in [1.807, 2.05) is 12.1 Å². The molecule has 2 rings (SSSR count). The molecule has 2 heterocycles. The topological polar surface area (TPSA) is 62.0 Å². The molecule has 148 valence electrons. The van der Waals surface area contributed by atoms with E-state index in [9.17, 15) is 0 Å². The van der Waals surface area contributed by atoms with Gasteiger partial charge in [0.1, 0.15) is 5.76 Å². The second kappa shape index (κ2) is 12.0. The summed E-state index contributed by atoms with van der Waals surface area (Å²) in [4.78, 5) is 7.20. The molecule has 1 fully saturated rings. The summed E-state index contributed by atoms with van der Waals surface area (Å²) in [5.41, 5.74) is 0. The Kier molecular flexibility index (Phi) is 9.56. The Hall–Kier alpha value is -1.53. The molecule has 1 aliphatic rings. The summed E-state index contributed by atoms with van der Waals surface area (Å²) >= 11 is 0. The van der Waals surface area contributed by atoms with E-state index in [2.05, 4.69) is 36.3 Å². The first-order chi connectivity index (χ1) is 12.6. The monoisotopic (exact) mass is 364 g/mol. The summed E-state index contributed by atoms with van der Waals surface area (Å²) in [6.45, 7) is 13.1. The Bertz CT molecular complexity index is 496. The Morgan fingerprint density at radius 1 is 1.23 bits per heavy atom. The van der Waals surface area contributed by atoms with E-state index in [1.165, 1.54) is 6.42 Å². The summed E-state index contributed by atoms with van der Waals surface area (Å²) in [5.74, 6) is 2.63. The fourth-order valence-electron chi connectivity index (χ4n) is 2.93. The minimum Gasteiger partial charge on any atom is -0.469 e. The van der Waals surface area contributed by atoms with Crippen LogP contribution in [0, 0.1) is 5.92 Å². The molecule has 2 N–H and O–H groups in total. The van der Waals surface area contributed by atoms with E-state index in [0.717, 1.165) is 76.4 Å². The zero-order chi connectivity index (χ0) is 18.6. The third-order valence-electron chi connectivity index (χ3n) is 4.59. The SMILES string of the molecule is CC(C)CCC(C)NC(=NCCN1CCOCC1)NCCc1ccco1. The summed E-state index contributed by atoms with van der Waals surface area (Å²) in [5, 5.41) is 7.01. The van der Waals surface area contributed by atoms with Crippen LogP contribution >= 0.6 is 0 Å². The van der Waals surface area contributed by atoms with Gasteiger partial charge in [0.2, 0.25) is 0 Å². The molecule has 1 aromatic heterocycles. The Morgan fingerprint density at radius 3 is 2.73 bits per heavy atom. The molecule has 26 heavy (non-hydrogen) atoms. The van der Waals surface area contributed by atoms with Crippen LogP contribution in [0.1, 0.15) is 39.4 Å². The number of ether oxygens (including phenoxy) is 1. The van der Waals surface area contributed by atoms with Crippen molar-refractivity contribution in [3.05, 3.63) is 24.2 Å². The number of aliphatic imine (C=N–C) groups is 1. The summed E-state index contributed by atoms with van der Waals surface area (Å²) < 4.78 is 10.8. The number of rotatable bonds is 10. The van der Waals surface area contributed by atoms with Gasteiger partial charge in [-0.15, -0.1) is 0 Å². The van der Waals surface area contributed by atoms with E-state index in [0.29, 0.717) is 6.04 Å². The van der Waals surface area contributed by atoms with Gasteiger partial charge < -0.3 is 19.8 Å². The number of nitrogens with one attached hydrogen (secondary N) is 2. The van der Waals surface area contributed by atoms with E-state index >= 15 is 0 Å². The molecule has 0 aliphatic carbocycles. The fraction of sp³-hybridized carbons (Fsp3) is 0.750. The first-order valence-corrected chi connectivity index (χ1v) is 10.0. The molecule has 1 unspecified atom stereocenters. The highest BCUT2D eigenvalue weighted by Gasteiger charge is 2.10. The van der Waals surface area contributed by atoms with E-state index in [4.69, 9.17) is 14.1 Å². The molecule has 0 saturated carbocycles. The second-order valence-corrected chi connectivity index (χ2v) is 7.46. The van der Waals surface area contributed by atoms with Gasteiger partial charge in [0.05, 0.1) is 26.0 Å². The smallest absolute Gasteiger partial charge is 0.191 e. The molecule has 1 aromatic rings. The number of hydrogen-bond acceptors (Lipinski definition) is 4. The van der Waals surface area contributed by atoms with Crippen LogP contribution in [0.2, 0.25) is 0 Å². The zero-order valence-corrected chi connectivity index (χ0v) is 16.7. The van der Waals surface area contributed by atoms with Gasteiger partial charge in [-0.25, -0.2) is 0 Å². The van der Waals surface area contributed by atoms with Gasteiger partial charge in [-0.2, -0.15) is 0 Å². The molecule has 0 radical (unpaired) electrons. The van der Waals surface area contributed by atoms with E-state index in [-0.39, 0.29) is 0 Å². The molecule has 6 nitrogen and oxygen atoms in total. The van der Waals surface area contributed by atoms with Crippen molar-refractivity contribution in [2.75, 3.05) is 45.9 Å². The van der Waals surface area contributed by atoms with Crippen molar-refractivity contribution < 1.29 is 9.15 Å². The van der Waals surface area contributed by atoms with Gasteiger partial charge in [0.25, 0.3) is 0 Å². The van der Waals surface area contributed by atoms with Crippen molar-refractivity contribution in [3.63, 3.8) is 0 Å². The van der Waals surface area contributed by atoms with Crippen molar-refractivity contribution in [1.82, 2.24) is 15.5 Å². The Labute approximate surface area is 158 Å². The third-order valence-corrected chi connectivity index (χ3v) is 4.59. The Morgan fingerprint density at radius 2 is 2.04 bits per heavy atom.